The van der Waals surface area contributed by atoms with Gasteiger partial charge in [-0.25, -0.2) is 0 Å². The molecular weight excluding hydrogens is 305 g/mol. The van der Waals surface area contributed by atoms with E-state index in [2.05, 4.69) is 0 Å². The molecule has 6 heteroatoms. The molecule has 1 atom stereocenters. The first kappa shape index (κ1) is 18.0. The van der Waals surface area contributed by atoms with Crippen LogP contribution in [-0.4, -0.2) is 19.4 Å². The fraction of sp³-hybridized carbons (Fsp3) is 0.600. The Labute approximate surface area is 128 Å². The van der Waals surface area contributed by atoms with Crippen molar-refractivity contribution in [2.45, 2.75) is 44.7 Å². The van der Waals surface area contributed by atoms with E-state index in [1.54, 1.807) is 12.1 Å². The van der Waals surface area contributed by atoms with E-state index in [1.165, 1.54) is 6.07 Å². The molecule has 0 bridgehead atoms. The van der Waals surface area contributed by atoms with Gasteiger partial charge in [0, 0.05) is 0 Å². The van der Waals surface area contributed by atoms with E-state index in [9.17, 15) is 13.2 Å². The van der Waals surface area contributed by atoms with Crippen molar-refractivity contribution < 1.29 is 22.6 Å². The normalized spacial score (nSPS) is 13.0. The highest BCUT2D eigenvalue weighted by Gasteiger charge is 2.32. The molecule has 0 aromatic heterocycles. The number of rotatable bonds is 8. The molecule has 1 rings (SSSR count). The summed E-state index contributed by atoms with van der Waals surface area (Å²) in [6.07, 6.45) is -3.74. The lowest BCUT2D eigenvalue weighted by Gasteiger charge is -2.16. The van der Waals surface area contributed by atoms with Gasteiger partial charge in [0.15, 0.2) is 11.5 Å². The zero-order valence-electron chi connectivity index (χ0n) is 12.2. The van der Waals surface area contributed by atoms with Gasteiger partial charge in [-0.3, -0.25) is 0 Å². The van der Waals surface area contributed by atoms with E-state index in [-0.39, 0.29) is 0 Å². The molecule has 0 aliphatic rings. The molecule has 0 aliphatic carbocycles. The third-order valence-corrected chi connectivity index (χ3v) is 3.07. The summed E-state index contributed by atoms with van der Waals surface area (Å²) >= 11 is 5.84. The van der Waals surface area contributed by atoms with Crippen molar-refractivity contribution in [2.24, 2.45) is 0 Å². The van der Waals surface area contributed by atoms with Crippen LogP contribution < -0.4 is 9.47 Å². The Morgan fingerprint density at radius 3 is 2.14 bits per heavy atom. The van der Waals surface area contributed by atoms with Crippen molar-refractivity contribution in [3.05, 3.63) is 23.8 Å². The SMILES string of the molecule is CCCOc1ccc(C(Cl)CC(F)(F)F)cc1OCCC. The Kier molecular flexibility index (Phi) is 7.15. The third kappa shape index (κ3) is 6.46. The average molecular weight is 325 g/mol. The van der Waals surface area contributed by atoms with Gasteiger partial charge in [-0.2, -0.15) is 13.2 Å². The van der Waals surface area contributed by atoms with E-state index in [0.29, 0.717) is 30.3 Å². The van der Waals surface area contributed by atoms with Gasteiger partial charge in [0.25, 0.3) is 0 Å². The monoisotopic (exact) mass is 324 g/mol. The Balaban J connectivity index is 2.91. The molecule has 0 heterocycles. The van der Waals surface area contributed by atoms with Crippen LogP contribution in [0.2, 0.25) is 0 Å². The minimum Gasteiger partial charge on any atom is -0.490 e. The first-order chi connectivity index (χ1) is 9.87. The maximum Gasteiger partial charge on any atom is 0.390 e. The van der Waals surface area contributed by atoms with Crippen molar-refractivity contribution in [3.8, 4) is 11.5 Å². The lowest BCUT2D eigenvalue weighted by atomic mass is 10.1. The Bertz CT molecular complexity index is 435. The van der Waals surface area contributed by atoms with E-state index >= 15 is 0 Å². The van der Waals surface area contributed by atoms with Gasteiger partial charge in [-0.15, -0.1) is 11.6 Å². The maximum absolute atomic E-state index is 12.4. The molecule has 0 radical (unpaired) electrons. The number of ether oxygens (including phenoxy) is 2. The molecule has 0 amide bonds. The van der Waals surface area contributed by atoms with Crippen LogP contribution in [0.25, 0.3) is 0 Å². The summed E-state index contributed by atoms with van der Waals surface area (Å²) < 4.78 is 48.3. The Morgan fingerprint density at radius 2 is 1.62 bits per heavy atom. The quantitative estimate of drug-likeness (QED) is 0.588. The number of hydrogen-bond acceptors (Lipinski definition) is 2. The standard InChI is InChI=1S/C15H20ClF3O2/c1-3-7-20-13-6-5-11(9-14(13)21-8-4-2)12(16)10-15(17,18)19/h5-6,9,12H,3-4,7-8,10H2,1-2H3. The molecule has 21 heavy (non-hydrogen) atoms. The predicted octanol–water partition coefficient (Wildman–Crippen LogP) is 5.50. The smallest absolute Gasteiger partial charge is 0.390 e. The molecule has 0 saturated carbocycles. The zero-order valence-corrected chi connectivity index (χ0v) is 12.9. The van der Waals surface area contributed by atoms with Gasteiger partial charge >= 0.3 is 6.18 Å². The Hall–Kier alpha value is -1.10. The highest BCUT2D eigenvalue weighted by molar-refractivity contribution is 6.20. The number of alkyl halides is 4. The first-order valence-corrected chi connectivity index (χ1v) is 7.41. The first-order valence-electron chi connectivity index (χ1n) is 6.97. The largest absolute Gasteiger partial charge is 0.490 e. The second kappa shape index (κ2) is 8.37. The number of hydrogen-bond donors (Lipinski definition) is 0. The van der Waals surface area contributed by atoms with Crippen LogP contribution in [-0.2, 0) is 0 Å². The maximum atomic E-state index is 12.4. The van der Waals surface area contributed by atoms with Gasteiger partial charge in [-0.05, 0) is 30.5 Å². The summed E-state index contributed by atoms with van der Waals surface area (Å²) in [6.45, 7) is 4.91. The van der Waals surface area contributed by atoms with Crippen LogP contribution in [0.1, 0.15) is 44.1 Å². The van der Waals surface area contributed by atoms with Crippen LogP contribution in [0.15, 0.2) is 18.2 Å². The van der Waals surface area contributed by atoms with Gasteiger partial charge in [0.05, 0.1) is 25.0 Å². The van der Waals surface area contributed by atoms with Crippen molar-refractivity contribution in [1.29, 1.82) is 0 Å². The van der Waals surface area contributed by atoms with Gasteiger partial charge in [-0.1, -0.05) is 19.9 Å². The summed E-state index contributed by atoms with van der Waals surface area (Å²) in [4.78, 5) is 0. The summed E-state index contributed by atoms with van der Waals surface area (Å²) in [6, 6.07) is 4.69. The van der Waals surface area contributed by atoms with Crippen molar-refractivity contribution >= 4 is 11.6 Å². The highest BCUT2D eigenvalue weighted by Crippen LogP contribution is 2.38. The molecule has 0 saturated heterocycles. The fourth-order valence-electron chi connectivity index (χ4n) is 1.70. The highest BCUT2D eigenvalue weighted by atomic mass is 35.5. The molecule has 0 N–H and O–H groups in total. The van der Waals surface area contributed by atoms with Crippen LogP contribution in [0.5, 0.6) is 11.5 Å². The third-order valence-electron chi connectivity index (χ3n) is 2.66. The van der Waals surface area contributed by atoms with Crippen molar-refractivity contribution in [1.82, 2.24) is 0 Å². The van der Waals surface area contributed by atoms with Gasteiger partial charge in [0.2, 0.25) is 0 Å². The number of benzene rings is 1. The van der Waals surface area contributed by atoms with Gasteiger partial charge in [0.1, 0.15) is 0 Å². The van der Waals surface area contributed by atoms with Crippen molar-refractivity contribution in [2.75, 3.05) is 13.2 Å². The molecule has 2 nitrogen and oxygen atoms in total. The minimum atomic E-state index is -4.30. The van der Waals surface area contributed by atoms with Crippen LogP contribution in [0.4, 0.5) is 13.2 Å². The fourth-order valence-corrected chi connectivity index (χ4v) is 2.01. The van der Waals surface area contributed by atoms with Crippen LogP contribution >= 0.6 is 11.6 Å². The lowest BCUT2D eigenvalue weighted by molar-refractivity contribution is -0.134. The average Bonchev–Trinajstić information content (AvgIpc) is 2.41. The molecule has 0 spiro atoms. The predicted molar refractivity (Wildman–Crippen MR) is 77.3 cm³/mol. The molecule has 1 unspecified atom stereocenters. The summed E-state index contributed by atoms with van der Waals surface area (Å²) in [5.74, 6) is 0.973. The zero-order chi connectivity index (χ0) is 15.9. The molecule has 1 aromatic carbocycles. The molecule has 0 fully saturated rings. The molecule has 0 aliphatic heterocycles. The van der Waals surface area contributed by atoms with E-state index in [4.69, 9.17) is 21.1 Å². The summed E-state index contributed by atoms with van der Waals surface area (Å²) in [7, 11) is 0. The summed E-state index contributed by atoms with van der Waals surface area (Å²) in [5, 5.41) is -1.13. The van der Waals surface area contributed by atoms with E-state index in [0.717, 1.165) is 12.8 Å². The second-order valence-electron chi connectivity index (χ2n) is 4.69. The van der Waals surface area contributed by atoms with Crippen LogP contribution in [0.3, 0.4) is 0 Å². The van der Waals surface area contributed by atoms with E-state index < -0.39 is 18.0 Å². The number of halogens is 4. The molecule has 1 aromatic rings. The molecule has 120 valence electrons. The molecular formula is C15H20ClF3O2. The minimum absolute atomic E-state index is 0.379. The van der Waals surface area contributed by atoms with Crippen LogP contribution in [0, 0.1) is 0 Å². The topological polar surface area (TPSA) is 18.5 Å². The summed E-state index contributed by atoms with van der Waals surface area (Å²) in [5.41, 5.74) is 0.379. The lowest BCUT2D eigenvalue weighted by Crippen LogP contribution is -2.11. The van der Waals surface area contributed by atoms with Gasteiger partial charge < -0.3 is 9.47 Å². The van der Waals surface area contributed by atoms with E-state index in [1.807, 2.05) is 13.8 Å². The second-order valence-corrected chi connectivity index (χ2v) is 5.22. The Morgan fingerprint density at radius 1 is 1.05 bits per heavy atom. The van der Waals surface area contributed by atoms with Crippen molar-refractivity contribution in [3.63, 3.8) is 0 Å².